The molecule has 4 aromatic rings. The minimum Gasteiger partial charge on any atom is -0.486 e. The maximum atomic E-state index is 12.8. The molecule has 0 radical (unpaired) electrons. The molecule has 1 unspecified atom stereocenters. The van der Waals surface area contributed by atoms with E-state index in [0.717, 1.165) is 22.5 Å². The van der Waals surface area contributed by atoms with Crippen molar-refractivity contribution in [2.24, 2.45) is 0 Å². The van der Waals surface area contributed by atoms with Gasteiger partial charge in [-0.25, -0.2) is 4.68 Å². The molecule has 1 aliphatic heterocycles. The van der Waals surface area contributed by atoms with Crippen LogP contribution in [-0.2, 0) is 26.1 Å². The SMILES string of the molecule is O=c1[nH]c2cc3c(cc2cc1C[NH+](CCO)Cc1nnnn1CCc1ccccc1)OCCO3. The quantitative estimate of drug-likeness (QED) is 0.322. The lowest BCUT2D eigenvalue weighted by atomic mass is 10.1. The zero-order valence-electron chi connectivity index (χ0n) is 18.7. The molecule has 176 valence electrons. The first-order chi connectivity index (χ1) is 16.7. The van der Waals surface area contributed by atoms with Gasteiger partial charge in [-0.15, -0.1) is 5.10 Å². The Bertz CT molecular complexity index is 1320. The van der Waals surface area contributed by atoms with Gasteiger partial charge in [0.25, 0.3) is 5.56 Å². The smallest absolute Gasteiger partial charge is 0.257 e. The highest BCUT2D eigenvalue weighted by Crippen LogP contribution is 2.33. The number of H-pyrrole nitrogens is 1. The number of aromatic nitrogens is 5. The molecule has 1 aliphatic rings. The summed E-state index contributed by atoms with van der Waals surface area (Å²) < 4.78 is 13.1. The molecule has 34 heavy (non-hydrogen) atoms. The van der Waals surface area contributed by atoms with Gasteiger partial charge in [0, 0.05) is 18.0 Å². The van der Waals surface area contributed by atoms with Crippen molar-refractivity contribution in [3.63, 3.8) is 0 Å². The third-order valence-electron chi connectivity index (χ3n) is 5.96. The first kappa shape index (κ1) is 22.1. The first-order valence-corrected chi connectivity index (χ1v) is 11.4. The number of quaternary nitrogens is 1. The molecule has 0 fully saturated rings. The summed E-state index contributed by atoms with van der Waals surface area (Å²) in [4.78, 5) is 16.8. The lowest BCUT2D eigenvalue weighted by Crippen LogP contribution is -3.10. The van der Waals surface area contributed by atoms with Crippen LogP contribution in [0.25, 0.3) is 10.9 Å². The van der Waals surface area contributed by atoms with Crippen molar-refractivity contribution < 1.29 is 19.5 Å². The number of pyridine rings is 1. The van der Waals surface area contributed by atoms with Crippen LogP contribution in [0.1, 0.15) is 17.0 Å². The van der Waals surface area contributed by atoms with Gasteiger partial charge in [-0.05, 0) is 34.5 Å². The van der Waals surface area contributed by atoms with Crippen LogP contribution in [0.2, 0.25) is 0 Å². The van der Waals surface area contributed by atoms with E-state index >= 15 is 0 Å². The average molecular weight is 464 g/mol. The molecule has 0 bridgehead atoms. The fourth-order valence-corrected chi connectivity index (χ4v) is 4.21. The van der Waals surface area contributed by atoms with Crippen LogP contribution in [0.5, 0.6) is 11.5 Å². The van der Waals surface area contributed by atoms with E-state index in [9.17, 15) is 9.90 Å². The van der Waals surface area contributed by atoms with Gasteiger partial charge in [0.15, 0.2) is 11.5 Å². The third kappa shape index (κ3) is 4.92. The molecule has 1 atom stereocenters. The summed E-state index contributed by atoms with van der Waals surface area (Å²) in [5, 5.41) is 22.7. The largest absolute Gasteiger partial charge is 0.486 e. The molecular formula is C24H27N6O4+. The molecule has 0 aliphatic carbocycles. The van der Waals surface area contributed by atoms with Crippen LogP contribution in [-0.4, -0.2) is 56.7 Å². The van der Waals surface area contributed by atoms with Crippen LogP contribution in [0.15, 0.2) is 53.3 Å². The Morgan fingerprint density at radius 1 is 1.06 bits per heavy atom. The van der Waals surface area contributed by atoms with Gasteiger partial charge < -0.3 is 24.5 Å². The standard InChI is InChI=1S/C24H26N6O4/c31-9-8-29(16-23-26-27-28-30(23)7-6-17-4-2-1-3-5-17)15-19-12-18-13-21-22(34-11-10-33-21)14-20(18)25-24(19)32/h1-5,12-14,31H,6-11,15-16H2,(H,25,32)/p+1. The molecule has 0 saturated carbocycles. The van der Waals surface area contributed by atoms with E-state index in [1.807, 2.05) is 30.3 Å². The van der Waals surface area contributed by atoms with Gasteiger partial charge in [-0.3, -0.25) is 4.79 Å². The number of aryl methyl sites for hydroxylation is 2. The normalized spacial score (nSPS) is 13.8. The van der Waals surface area contributed by atoms with E-state index in [1.165, 1.54) is 5.56 Å². The summed E-state index contributed by atoms with van der Waals surface area (Å²) in [6, 6.07) is 15.7. The maximum absolute atomic E-state index is 12.8. The van der Waals surface area contributed by atoms with Crippen molar-refractivity contribution in [3.8, 4) is 11.5 Å². The number of rotatable bonds is 9. The van der Waals surface area contributed by atoms with Crippen molar-refractivity contribution in [2.45, 2.75) is 26.1 Å². The number of nitrogens with zero attached hydrogens (tertiary/aromatic N) is 4. The Labute approximate surface area is 195 Å². The molecule has 0 saturated heterocycles. The number of tetrazole rings is 1. The van der Waals surface area contributed by atoms with E-state index < -0.39 is 0 Å². The third-order valence-corrected chi connectivity index (χ3v) is 5.96. The number of aromatic amines is 1. The zero-order chi connectivity index (χ0) is 23.3. The highest BCUT2D eigenvalue weighted by atomic mass is 16.6. The van der Waals surface area contributed by atoms with E-state index in [-0.39, 0.29) is 12.2 Å². The van der Waals surface area contributed by atoms with Crippen LogP contribution in [0.3, 0.4) is 0 Å². The minimum absolute atomic E-state index is 0.00884. The minimum atomic E-state index is -0.164. The van der Waals surface area contributed by atoms with Crippen LogP contribution < -0.4 is 19.9 Å². The maximum Gasteiger partial charge on any atom is 0.257 e. The van der Waals surface area contributed by atoms with Crippen molar-refractivity contribution in [1.82, 2.24) is 25.2 Å². The number of nitrogens with one attached hydrogen (secondary N) is 2. The van der Waals surface area contributed by atoms with Crippen LogP contribution >= 0.6 is 0 Å². The topological polar surface area (TPSA) is 120 Å². The van der Waals surface area contributed by atoms with Crippen molar-refractivity contribution in [3.05, 3.63) is 75.8 Å². The van der Waals surface area contributed by atoms with Crippen LogP contribution in [0.4, 0.5) is 0 Å². The second-order valence-corrected chi connectivity index (χ2v) is 8.34. The summed E-state index contributed by atoms with van der Waals surface area (Å²) >= 11 is 0. The summed E-state index contributed by atoms with van der Waals surface area (Å²) in [5.41, 5.74) is 2.37. The number of hydrogen-bond donors (Lipinski definition) is 3. The Balaban J connectivity index is 1.34. The summed E-state index contributed by atoms with van der Waals surface area (Å²) in [7, 11) is 0. The molecule has 0 amide bonds. The predicted octanol–water partition coefficient (Wildman–Crippen LogP) is 0.106. The number of benzene rings is 2. The zero-order valence-corrected chi connectivity index (χ0v) is 18.7. The summed E-state index contributed by atoms with van der Waals surface area (Å²) in [6.07, 6.45) is 0.814. The number of aliphatic hydroxyl groups is 1. The van der Waals surface area contributed by atoms with Gasteiger partial charge >= 0.3 is 0 Å². The van der Waals surface area contributed by atoms with Gasteiger partial charge in [0.2, 0.25) is 5.82 Å². The second-order valence-electron chi connectivity index (χ2n) is 8.34. The fourth-order valence-electron chi connectivity index (χ4n) is 4.21. The highest BCUT2D eigenvalue weighted by Gasteiger charge is 2.19. The Kier molecular flexibility index (Phi) is 6.50. The molecule has 10 nitrogen and oxygen atoms in total. The predicted molar refractivity (Wildman–Crippen MR) is 124 cm³/mol. The number of hydrogen-bond acceptors (Lipinski definition) is 7. The van der Waals surface area contributed by atoms with E-state index in [1.54, 1.807) is 10.7 Å². The fraction of sp³-hybridized carbons (Fsp3) is 0.333. The molecule has 2 aromatic heterocycles. The Hall–Kier alpha value is -3.76. The van der Waals surface area contributed by atoms with Gasteiger partial charge in [0.1, 0.15) is 32.8 Å². The highest BCUT2D eigenvalue weighted by molar-refractivity contribution is 5.83. The van der Waals surface area contributed by atoms with Gasteiger partial charge in [-0.1, -0.05) is 30.3 Å². The number of ether oxygens (including phenoxy) is 2. The monoisotopic (exact) mass is 463 g/mol. The number of fused-ring (bicyclic) bond motifs is 2. The molecular weight excluding hydrogens is 436 g/mol. The van der Waals surface area contributed by atoms with E-state index in [0.29, 0.717) is 62.0 Å². The van der Waals surface area contributed by atoms with Crippen molar-refractivity contribution in [2.75, 3.05) is 26.4 Å². The lowest BCUT2D eigenvalue weighted by molar-refractivity contribution is -0.928. The molecule has 5 rings (SSSR count). The molecule has 3 N–H and O–H groups in total. The van der Waals surface area contributed by atoms with E-state index in [2.05, 4.69) is 32.6 Å². The molecule has 10 heteroatoms. The van der Waals surface area contributed by atoms with Gasteiger partial charge in [-0.2, -0.15) is 0 Å². The average Bonchev–Trinajstić information content (AvgIpc) is 3.29. The van der Waals surface area contributed by atoms with E-state index in [4.69, 9.17) is 9.47 Å². The molecule has 2 aromatic carbocycles. The van der Waals surface area contributed by atoms with Crippen molar-refractivity contribution >= 4 is 10.9 Å². The molecule has 3 heterocycles. The summed E-state index contributed by atoms with van der Waals surface area (Å²) in [6.45, 7) is 3.01. The number of aliphatic hydroxyl groups excluding tert-OH is 1. The van der Waals surface area contributed by atoms with Gasteiger partial charge in [0.05, 0.1) is 17.7 Å². The van der Waals surface area contributed by atoms with Crippen molar-refractivity contribution in [1.29, 1.82) is 0 Å². The summed E-state index contributed by atoms with van der Waals surface area (Å²) in [5.74, 6) is 2.03. The second kappa shape index (κ2) is 10.0. The van der Waals surface area contributed by atoms with Crippen LogP contribution in [0, 0.1) is 0 Å². The first-order valence-electron chi connectivity index (χ1n) is 11.4. The Morgan fingerprint density at radius 2 is 1.85 bits per heavy atom. The molecule has 0 spiro atoms. The Morgan fingerprint density at radius 3 is 2.65 bits per heavy atom. The lowest BCUT2D eigenvalue weighted by Gasteiger charge is -2.20.